The normalized spacial score (nSPS) is 11.2. The average Bonchev–Trinajstić information content (AvgIpc) is 3.21. The van der Waals surface area contributed by atoms with E-state index in [0.29, 0.717) is 35.7 Å². The van der Waals surface area contributed by atoms with Crippen molar-refractivity contribution < 1.29 is 9.53 Å². The van der Waals surface area contributed by atoms with Crippen molar-refractivity contribution in [2.75, 3.05) is 13.7 Å². The summed E-state index contributed by atoms with van der Waals surface area (Å²) < 4.78 is 6.97. The number of fused-ring (bicyclic) bond motifs is 1. The molecule has 7 heteroatoms. The molecule has 0 radical (unpaired) electrons. The number of aromatic nitrogens is 3. The molecule has 3 aromatic rings. The van der Waals surface area contributed by atoms with E-state index in [-0.39, 0.29) is 5.91 Å². The van der Waals surface area contributed by atoms with Gasteiger partial charge in [0.15, 0.2) is 0 Å². The van der Waals surface area contributed by atoms with Gasteiger partial charge < -0.3 is 10.1 Å². The summed E-state index contributed by atoms with van der Waals surface area (Å²) in [6.45, 7) is 4.79. The second kappa shape index (κ2) is 7.00. The molecule has 0 aliphatic heterocycles. The van der Waals surface area contributed by atoms with Crippen molar-refractivity contribution in [1.29, 1.82) is 0 Å². The fourth-order valence-corrected chi connectivity index (χ4v) is 3.31. The van der Waals surface area contributed by atoms with E-state index in [4.69, 9.17) is 4.74 Å². The second-order valence-electron chi connectivity index (χ2n) is 5.77. The van der Waals surface area contributed by atoms with E-state index in [2.05, 4.69) is 34.6 Å². The molecule has 0 saturated heterocycles. The Bertz CT molecular complexity index is 853. The van der Waals surface area contributed by atoms with Crippen LogP contribution >= 0.6 is 11.3 Å². The lowest BCUT2D eigenvalue weighted by atomic mass is 10.2. The number of hydrogen-bond acceptors (Lipinski definition) is 5. The van der Waals surface area contributed by atoms with Crippen LogP contribution in [-0.2, 0) is 6.42 Å². The van der Waals surface area contributed by atoms with Gasteiger partial charge in [0.1, 0.15) is 11.3 Å². The third-order valence-corrected chi connectivity index (χ3v) is 4.89. The van der Waals surface area contributed by atoms with Crippen molar-refractivity contribution in [2.24, 2.45) is 0 Å². The van der Waals surface area contributed by atoms with E-state index < -0.39 is 0 Å². The molecule has 3 rings (SSSR count). The third kappa shape index (κ3) is 3.26. The minimum atomic E-state index is -0.159. The number of nitrogens with one attached hydrogen (secondary N) is 1. The van der Waals surface area contributed by atoms with Gasteiger partial charge in [0.25, 0.3) is 5.91 Å². The van der Waals surface area contributed by atoms with Crippen molar-refractivity contribution in [3.8, 4) is 5.75 Å². The number of amides is 1. The van der Waals surface area contributed by atoms with Crippen molar-refractivity contribution in [3.05, 3.63) is 46.2 Å². The Labute approximate surface area is 144 Å². The lowest BCUT2D eigenvalue weighted by Gasteiger charge is -2.06. The largest absolute Gasteiger partial charge is 0.494 e. The molecule has 0 bridgehead atoms. The minimum Gasteiger partial charge on any atom is -0.494 e. The smallest absolute Gasteiger partial charge is 0.255 e. The van der Waals surface area contributed by atoms with Crippen LogP contribution in [0.25, 0.3) is 5.52 Å². The van der Waals surface area contributed by atoms with E-state index >= 15 is 0 Å². The van der Waals surface area contributed by atoms with Crippen molar-refractivity contribution >= 4 is 22.8 Å². The molecule has 0 aliphatic carbocycles. The van der Waals surface area contributed by atoms with Gasteiger partial charge in [-0.25, -0.2) is 9.50 Å². The Morgan fingerprint density at radius 1 is 1.46 bits per heavy atom. The van der Waals surface area contributed by atoms with E-state index in [1.54, 1.807) is 35.4 Å². The predicted molar refractivity (Wildman–Crippen MR) is 94.0 cm³/mol. The number of pyridine rings is 1. The fraction of sp³-hybridized carbons (Fsp3) is 0.353. The SMILES string of the molecule is COc1cccn2ncc(C(=O)NCCc3csc(C(C)C)n3)c12. The lowest BCUT2D eigenvalue weighted by molar-refractivity contribution is 0.0955. The molecular weight excluding hydrogens is 324 g/mol. The number of carbonyl (C=O) groups is 1. The Kier molecular flexibility index (Phi) is 4.80. The van der Waals surface area contributed by atoms with Crippen molar-refractivity contribution in [2.45, 2.75) is 26.2 Å². The maximum Gasteiger partial charge on any atom is 0.255 e. The summed E-state index contributed by atoms with van der Waals surface area (Å²) in [6.07, 6.45) is 4.07. The van der Waals surface area contributed by atoms with Crippen LogP contribution in [0.4, 0.5) is 0 Å². The van der Waals surface area contributed by atoms with Gasteiger partial charge in [0.05, 0.1) is 29.6 Å². The molecule has 3 aromatic heterocycles. The number of nitrogens with zero attached hydrogens (tertiary/aromatic N) is 3. The molecule has 6 nitrogen and oxygen atoms in total. The summed E-state index contributed by atoms with van der Waals surface area (Å²) >= 11 is 1.67. The summed E-state index contributed by atoms with van der Waals surface area (Å²) in [5.41, 5.74) is 2.20. The van der Waals surface area contributed by atoms with Crippen molar-refractivity contribution in [3.63, 3.8) is 0 Å². The first-order chi connectivity index (χ1) is 11.6. The second-order valence-corrected chi connectivity index (χ2v) is 6.66. The Morgan fingerprint density at radius 3 is 3.00 bits per heavy atom. The van der Waals surface area contributed by atoms with Crippen molar-refractivity contribution in [1.82, 2.24) is 19.9 Å². The van der Waals surface area contributed by atoms with Crippen LogP contribution in [0.1, 0.15) is 40.8 Å². The summed E-state index contributed by atoms with van der Waals surface area (Å²) in [5, 5.41) is 10.3. The Morgan fingerprint density at radius 2 is 2.29 bits per heavy atom. The molecule has 0 unspecified atom stereocenters. The molecule has 0 atom stereocenters. The molecule has 0 aromatic carbocycles. The first kappa shape index (κ1) is 16.4. The number of thiazole rings is 1. The number of rotatable bonds is 6. The zero-order chi connectivity index (χ0) is 17.1. The molecule has 0 spiro atoms. The predicted octanol–water partition coefficient (Wildman–Crippen LogP) is 2.90. The molecule has 0 saturated carbocycles. The van der Waals surface area contributed by atoms with Gasteiger partial charge >= 0.3 is 0 Å². The molecule has 0 fully saturated rings. The van der Waals surface area contributed by atoms with E-state index in [1.807, 2.05) is 12.1 Å². The van der Waals surface area contributed by atoms with Crippen LogP contribution in [0.5, 0.6) is 5.75 Å². The van der Waals surface area contributed by atoms with Crippen LogP contribution in [0.15, 0.2) is 29.9 Å². The molecule has 0 aliphatic rings. The van der Waals surface area contributed by atoms with Gasteiger partial charge in [0.2, 0.25) is 0 Å². The maximum atomic E-state index is 12.5. The maximum absolute atomic E-state index is 12.5. The number of carbonyl (C=O) groups excluding carboxylic acids is 1. The molecule has 1 amide bonds. The van der Waals surface area contributed by atoms with Crippen LogP contribution in [0, 0.1) is 0 Å². The highest BCUT2D eigenvalue weighted by molar-refractivity contribution is 7.09. The lowest BCUT2D eigenvalue weighted by Crippen LogP contribution is -2.25. The standard InChI is InChI=1S/C17H20N4O2S/c1-11(2)17-20-12(10-24-17)6-7-18-16(22)13-9-19-21-8-4-5-14(23-3)15(13)21/h4-5,8-11H,6-7H2,1-3H3,(H,18,22). The number of methoxy groups -OCH3 is 1. The van der Waals surface area contributed by atoms with Crippen LogP contribution in [0.3, 0.4) is 0 Å². The van der Waals surface area contributed by atoms with Gasteiger partial charge in [0, 0.05) is 30.5 Å². The highest BCUT2D eigenvalue weighted by Crippen LogP contribution is 2.23. The number of ether oxygens (including phenoxy) is 1. The third-order valence-electron chi connectivity index (χ3n) is 3.70. The quantitative estimate of drug-likeness (QED) is 0.746. The topological polar surface area (TPSA) is 68.5 Å². The fourth-order valence-electron chi connectivity index (χ4n) is 2.44. The zero-order valence-corrected chi connectivity index (χ0v) is 14.8. The van der Waals surface area contributed by atoms with Gasteiger partial charge in [-0.1, -0.05) is 13.8 Å². The molecular formula is C17H20N4O2S. The number of hydrogen-bond donors (Lipinski definition) is 1. The minimum absolute atomic E-state index is 0.159. The van der Waals surface area contributed by atoms with Gasteiger partial charge in [-0.15, -0.1) is 11.3 Å². The van der Waals surface area contributed by atoms with E-state index in [0.717, 1.165) is 10.7 Å². The van der Waals surface area contributed by atoms with Crippen LogP contribution in [0.2, 0.25) is 0 Å². The van der Waals surface area contributed by atoms with Crippen LogP contribution < -0.4 is 10.1 Å². The monoisotopic (exact) mass is 344 g/mol. The van der Waals surface area contributed by atoms with Crippen LogP contribution in [-0.4, -0.2) is 34.2 Å². The Balaban J connectivity index is 1.67. The molecule has 1 N–H and O–H groups in total. The average molecular weight is 344 g/mol. The first-order valence-corrected chi connectivity index (χ1v) is 8.71. The molecule has 126 valence electrons. The van der Waals surface area contributed by atoms with E-state index in [9.17, 15) is 4.79 Å². The summed E-state index contributed by atoms with van der Waals surface area (Å²) in [6, 6.07) is 3.64. The van der Waals surface area contributed by atoms with Gasteiger partial charge in [-0.05, 0) is 12.1 Å². The first-order valence-electron chi connectivity index (χ1n) is 7.83. The van der Waals surface area contributed by atoms with E-state index in [1.165, 1.54) is 0 Å². The summed E-state index contributed by atoms with van der Waals surface area (Å²) in [7, 11) is 1.58. The molecule has 24 heavy (non-hydrogen) atoms. The summed E-state index contributed by atoms with van der Waals surface area (Å²) in [5.74, 6) is 0.902. The Hall–Kier alpha value is -2.41. The highest BCUT2D eigenvalue weighted by atomic mass is 32.1. The van der Waals surface area contributed by atoms with Gasteiger partial charge in [-0.3, -0.25) is 4.79 Å². The molecule has 3 heterocycles. The highest BCUT2D eigenvalue weighted by Gasteiger charge is 2.16. The zero-order valence-electron chi connectivity index (χ0n) is 13.9. The van der Waals surface area contributed by atoms with Gasteiger partial charge in [-0.2, -0.15) is 5.10 Å². The summed E-state index contributed by atoms with van der Waals surface area (Å²) in [4.78, 5) is 17.0.